The average Bonchev–Trinajstić information content (AvgIpc) is 2.63. The fourth-order valence-electron chi connectivity index (χ4n) is 3.48. The number of hydrogen-bond donors (Lipinski definition) is 2. The van der Waals surface area contributed by atoms with Gasteiger partial charge in [-0.3, -0.25) is 0 Å². The SMILES string of the molecule is C[C@H](NS(=O)(=O)c1ccc(Cl)cc1)[C@@H](c1ccccc1)[NH+]1CCOCC1. The lowest BCUT2D eigenvalue weighted by Gasteiger charge is -2.35. The third kappa shape index (κ3) is 4.64. The van der Waals surface area contributed by atoms with Crippen LogP contribution in [-0.4, -0.2) is 40.8 Å². The monoisotopic (exact) mass is 395 g/mol. The van der Waals surface area contributed by atoms with Crippen molar-refractivity contribution in [1.82, 2.24) is 4.72 Å². The molecule has 0 saturated carbocycles. The van der Waals surface area contributed by atoms with E-state index in [1.54, 1.807) is 12.1 Å². The molecule has 0 unspecified atom stereocenters. The molecule has 0 aromatic heterocycles. The molecule has 2 N–H and O–H groups in total. The van der Waals surface area contributed by atoms with E-state index in [1.165, 1.54) is 17.0 Å². The summed E-state index contributed by atoms with van der Waals surface area (Å²) in [6, 6.07) is 16.0. The van der Waals surface area contributed by atoms with Crippen LogP contribution in [0, 0.1) is 0 Å². The maximum absolute atomic E-state index is 12.8. The minimum absolute atomic E-state index is 0.0159. The van der Waals surface area contributed by atoms with E-state index in [4.69, 9.17) is 16.3 Å². The summed E-state index contributed by atoms with van der Waals surface area (Å²) < 4.78 is 33.9. The van der Waals surface area contributed by atoms with Crippen molar-refractivity contribution in [3.63, 3.8) is 0 Å². The molecule has 1 aliphatic rings. The summed E-state index contributed by atoms with van der Waals surface area (Å²) in [5.41, 5.74) is 1.12. The van der Waals surface area contributed by atoms with E-state index >= 15 is 0 Å². The second kappa shape index (κ2) is 8.50. The van der Waals surface area contributed by atoms with Crippen LogP contribution < -0.4 is 9.62 Å². The standard InChI is InChI=1S/C19H23ClN2O3S/c1-15(21-26(23,24)18-9-7-17(20)8-10-18)19(16-5-3-2-4-6-16)22-11-13-25-14-12-22/h2-10,15,19,21H,11-14H2,1H3/p+1/t15-,19-/m0/s1. The summed E-state index contributed by atoms with van der Waals surface area (Å²) in [7, 11) is -3.62. The number of morpholine rings is 1. The highest BCUT2D eigenvalue weighted by atomic mass is 35.5. The number of halogens is 1. The quantitative estimate of drug-likeness (QED) is 0.782. The van der Waals surface area contributed by atoms with Gasteiger partial charge in [0.25, 0.3) is 0 Å². The van der Waals surface area contributed by atoms with Gasteiger partial charge < -0.3 is 9.64 Å². The number of nitrogens with one attached hydrogen (secondary N) is 2. The van der Waals surface area contributed by atoms with E-state index in [1.807, 2.05) is 25.1 Å². The van der Waals surface area contributed by atoms with E-state index in [0.29, 0.717) is 18.2 Å². The molecule has 1 saturated heterocycles. The summed E-state index contributed by atoms with van der Waals surface area (Å²) in [5.74, 6) is 0. The zero-order valence-corrected chi connectivity index (χ0v) is 16.3. The van der Waals surface area contributed by atoms with Gasteiger partial charge in [-0.2, -0.15) is 0 Å². The molecule has 140 valence electrons. The first kappa shape index (κ1) is 19.3. The predicted molar refractivity (Wildman–Crippen MR) is 102 cm³/mol. The molecule has 7 heteroatoms. The molecule has 0 radical (unpaired) electrons. The van der Waals surface area contributed by atoms with Crippen LogP contribution in [0.1, 0.15) is 18.5 Å². The second-order valence-electron chi connectivity index (χ2n) is 6.52. The Bertz CT molecular complexity index is 806. The summed E-state index contributed by atoms with van der Waals surface area (Å²) in [6.45, 7) is 5.01. The minimum atomic E-state index is -3.62. The van der Waals surface area contributed by atoms with E-state index in [9.17, 15) is 8.42 Å². The van der Waals surface area contributed by atoms with Crippen LogP contribution in [0.5, 0.6) is 0 Å². The Morgan fingerprint density at radius 1 is 1.04 bits per heavy atom. The smallest absolute Gasteiger partial charge is 0.241 e. The van der Waals surface area contributed by atoms with Crippen molar-refractivity contribution in [2.24, 2.45) is 0 Å². The maximum atomic E-state index is 12.8. The van der Waals surface area contributed by atoms with Gasteiger partial charge in [0.05, 0.1) is 24.2 Å². The number of benzene rings is 2. The van der Waals surface area contributed by atoms with Crippen LogP contribution in [0.3, 0.4) is 0 Å². The Morgan fingerprint density at radius 2 is 1.65 bits per heavy atom. The number of quaternary nitrogens is 1. The maximum Gasteiger partial charge on any atom is 0.241 e. The Morgan fingerprint density at radius 3 is 2.27 bits per heavy atom. The zero-order chi connectivity index (χ0) is 18.6. The first-order valence-corrected chi connectivity index (χ1v) is 10.6. The molecule has 0 bridgehead atoms. The van der Waals surface area contributed by atoms with Crippen molar-refractivity contribution in [1.29, 1.82) is 0 Å². The van der Waals surface area contributed by atoms with Gasteiger partial charge in [0.15, 0.2) is 0 Å². The van der Waals surface area contributed by atoms with Crippen molar-refractivity contribution in [2.45, 2.75) is 23.9 Å². The average molecular weight is 396 g/mol. The van der Waals surface area contributed by atoms with Crippen LogP contribution in [0.15, 0.2) is 59.5 Å². The Kier molecular flexibility index (Phi) is 6.32. The van der Waals surface area contributed by atoms with Gasteiger partial charge in [-0.25, -0.2) is 13.1 Å². The van der Waals surface area contributed by atoms with Gasteiger partial charge in [0.2, 0.25) is 10.0 Å². The Balaban J connectivity index is 1.85. The molecule has 0 aliphatic carbocycles. The highest BCUT2D eigenvalue weighted by molar-refractivity contribution is 7.89. The first-order valence-electron chi connectivity index (χ1n) is 8.72. The fourth-order valence-corrected chi connectivity index (χ4v) is 4.86. The van der Waals surface area contributed by atoms with Crippen LogP contribution in [-0.2, 0) is 14.8 Å². The summed E-state index contributed by atoms with van der Waals surface area (Å²) in [6.07, 6.45) is 0. The lowest BCUT2D eigenvalue weighted by atomic mass is 9.99. The van der Waals surface area contributed by atoms with E-state index in [0.717, 1.165) is 18.7 Å². The van der Waals surface area contributed by atoms with Crippen molar-refractivity contribution < 1.29 is 18.1 Å². The van der Waals surface area contributed by atoms with Crippen LogP contribution in [0.25, 0.3) is 0 Å². The molecule has 0 spiro atoms. The van der Waals surface area contributed by atoms with Crippen molar-refractivity contribution >= 4 is 21.6 Å². The second-order valence-corrected chi connectivity index (χ2v) is 8.67. The molecule has 1 aliphatic heterocycles. The largest absolute Gasteiger partial charge is 0.370 e. The highest BCUT2D eigenvalue weighted by Crippen LogP contribution is 2.18. The van der Waals surface area contributed by atoms with Gasteiger partial charge >= 0.3 is 0 Å². The van der Waals surface area contributed by atoms with E-state index in [-0.39, 0.29) is 17.0 Å². The van der Waals surface area contributed by atoms with Crippen LogP contribution in [0.4, 0.5) is 0 Å². The molecule has 0 amide bonds. The van der Waals surface area contributed by atoms with Gasteiger partial charge in [-0.15, -0.1) is 0 Å². The number of sulfonamides is 1. The Labute approximate surface area is 160 Å². The lowest BCUT2D eigenvalue weighted by Crippen LogP contribution is -3.15. The lowest BCUT2D eigenvalue weighted by molar-refractivity contribution is -0.940. The summed E-state index contributed by atoms with van der Waals surface area (Å²) in [4.78, 5) is 1.55. The normalized spacial score (nSPS) is 18.4. The summed E-state index contributed by atoms with van der Waals surface area (Å²) >= 11 is 5.87. The molecular formula is C19H24ClN2O3S+. The highest BCUT2D eigenvalue weighted by Gasteiger charge is 2.33. The predicted octanol–water partition coefficient (Wildman–Crippen LogP) is 1.66. The third-order valence-corrected chi connectivity index (χ3v) is 6.53. The number of hydrogen-bond acceptors (Lipinski definition) is 3. The molecule has 5 nitrogen and oxygen atoms in total. The van der Waals surface area contributed by atoms with Gasteiger partial charge in [0.1, 0.15) is 19.1 Å². The molecule has 26 heavy (non-hydrogen) atoms. The molecule has 3 rings (SSSR count). The third-order valence-electron chi connectivity index (χ3n) is 4.70. The summed E-state index contributed by atoms with van der Waals surface area (Å²) in [5, 5.41) is 0.511. The van der Waals surface area contributed by atoms with Gasteiger partial charge in [-0.05, 0) is 31.2 Å². The van der Waals surface area contributed by atoms with E-state index in [2.05, 4.69) is 16.9 Å². The number of rotatable bonds is 6. The van der Waals surface area contributed by atoms with Crippen LogP contribution >= 0.6 is 11.6 Å². The molecular weight excluding hydrogens is 372 g/mol. The molecule has 2 aromatic rings. The van der Waals surface area contributed by atoms with Crippen LogP contribution in [0.2, 0.25) is 5.02 Å². The fraction of sp³-hybridized carbons (Fsp3) is 0.368. The van der Waals surface area contributed by atoms with E-state index < -0.39 is 10.0 Å². The molecule has 2 aromatic carbocycles. The minimum Gasteiger partial charge on any atom is -0.370 e. The first-order chi connectivity index (χ1) is 12.5. The van der Waals surface area contributed by atoms with Crippen molar-refractivity contribution in [3.05, 3.63) is 65.2 Å². The zero-order valence-electron chi connectivity index (χ0n) is 14.7. The van der Waals surface area contributed by atoms with Crippen molar-refractivity contribution in [3.8, 4) is 0 Å². The topological polar surface area (TPSA) is 59.8 Å². The van der Waals surface area contributed by atoms with Crippen molar-refractivity contribution in [2.75, 3.05) is 26.3 Å². The Hall–Kier alpha value is -1.44. The number of ether oxygens (including phenoxy) is 1. The molecule has 1 heterocycles. The van der Waals surface area contributed by atoms with Gasteiger partial charge in [-0.1, -0.05) is 41.9 Å². The molecule has 2 atom stereocenters. The van der Waals surface area contributed by atoms with Gasteiger partial charge in [0, 0.05) is 10.6 Å². The molecule has 1 fully saturated rings.